The Balaban J connectivity index is 1.59. The second-order valence-electron chi connectivity index (χ2n) is 7.54. The van der Waals surface area contributed by atoms with Crippen molar-refractivity contribution in [3.63, 3.8) is 0 Å². The first kappa shape index (κ1) is 20.9. The average molecular weight is 438 g/mol. The van der Waals surface area contributed by atoms with Crippen LogP contribution in [0.4, 0.5) is 18.9 Å². The largest absolute Gasteiger partial charge is 0.416 e. The fourth-order valence-electron chi connectivity index (χ4n) is 3.99. The van der Waals surface area contributed by atoms with E-state index in [9.17, 15) is 26.4 Å². The molecule has 0 spiro atoms. The number of sulfonamides is 1. The summed E-state index contributed by atoms with van der Waals surface area (Å²) in [6.45, 7) is 1.38. The number of hydrogen-bond donors (Lipinski definition) is 0. The third kappa shape index (κ3) is 3.83. The number of hydrogen-bond acceptors (Lipinski definition) is 3. The molecule has 0 saturated carbocycles. The number of alkyl halides is 3. The normalized spacial score (nSPS) is 17.8. The average Bonchev–Trinajstić information content (AvgIpc) is 3.28. The summed E-state index contributed by atoms with van der Waals surface area (Å²) in [5.41, 5.74) is 0.515. The molecule has 4 rings (SSSR count). The minimum atomic E-state index is -4.43. The molecule has 0 aliphatic carbocycles. The zero-order valence-electron chi connectivity index (χ0n) is 16.2. The van der Waals surface area contributed by atoms with Crippen LogP contribution in [-0.4, -0.2) is 38.3 Å². The third-order valence-electron chi connectivity index (χ3n) is 5.57. The second kappa shape index (κ2) is 7.70. The lowest BCUT2D eigenvalue weighted by atomic mass is 9.98. The summed E-state index contributed by atoms with van der Waals surface area (Å²) < 4.78 is 65.7. The van der Waals surface area contributed by atoms with Gasteiger partial charge in [-0.2, -0.15) is 17.5 Å². The highest BCUT2D eigenvalue weighted by Crippen LogP contribution is 2.35. The van der Waals surface area contributed by atoms with E-state index in [4.69, 9.17) is 0 Å². The Hall–Kier alpha value is -2.39. The van der Waals surface area contributed by atoms with Crippen LogP contribution < -0.4 is 4.90 Å². The first-order valence-electron chi connectivity index (χ1n) is 9.80. The maximum atomic E-state index is 13.0. The van der Waals surface area contributed by atoms with Crippen LogP contribution in [0.1, 0.15) is 40.7 Å². The molecular weight excluding hydrogens is 417 g/mol. The van der Waals surface area contributed by atoms with E-state index >= 15 is 0 Å². The van der Waals surface area contributed by atoms with Gasteiger partial charge < -0.3 is 4.90 Å². The minimum Gasteiger partial charge on any atom is -0.308 e. The summed E-state index contributed by atoms with van der Waals surface area (Å²) in [7, 11) is -3.57. The Morgan fingerprint density at radius 2 is 1.57 bits per heavy atom. The fourth-order valence-corrected chi connectivity index (χ4v) is 5.50. The van der Waals surface area contributed by atoms with Crippen molar-refractivity contribution in [3.05, 3.63) is 59.2 Å². The van der Waals surface area contributed by atoms with Gasteiger partial charge in [-0.25, -0.2) is 8.42 Å². The number of anilines is 1. The maximum Gasteiger partial charge on any atom is 0.416 e. The Morgan fingerprint density at radius 1 is 0.900 bits per heavy atom. The van der Waals surface area contributed by atoms with Crippen LogP contribution in [0.5, 0.6) is 0 Å². The summed E-state index contributed by atoms with van der Waals surface area (Å²) in [6, 6.07) is 9.17. The second-order valence-corrected chi connectivity index (χ2v) is 9.48. The molecular formula is C21H21F3N2O3S. The Morgan fingerprint density at radius 3 is 2.20 bits per heavy atom. The number of amides is 1. The molecule has 0 bridgehead atoms. The molecule has 0 atom stereocenters. The summed E-state index contributed by atoms with van der Waals surface area (Å²) in [6.07, 6.45) is -1.74. The van der Waals surface area contributed by atoms with Crippen LogP contribution in [0.2, 0.25) is 0 Å². The van der Waals surface area contributed by atoms with Gasteiger partial charge in [-0.1, -0.05) is 0 Å². The zero-order chi connectivity index (χ0) is 21.5. The summed E-state index contributed by atoms with van der Waals surface area (Å²) >= 11 is 0. The molecule has 2 aliphatic heterocycles. The van der Waals surface area contributed by atoms with Crippen molar-refractivity contribution in [2.24, 2.45) is 0 Å². The Bertz CT molecular complexity index is 1060. The van der Waals surface area contributed by atoms with Crippen molar-refractivity contribution >= 4 is 21.6 Å². The minimum absolute atomic E-state index is 0.134. The molecule has 5 nitrogen and oxygen atoms in total. The molecule has 0 aromatic heterocycles. The highest BCUT2D eigenvalue weighted by molar-refractivity contribution is 7.89. The zero-order valence-corrected chi connectivity index (χ0v) is 17.0. The summed E-state index contributed by atoms with van der Waals surface area (Å²) in [5.74, 6) is -0.360. The smallest absolute Gasteiger partial charge is 0.308 e. The first-order chi connectivity index (χ1) is 14.2. The molecule has 1 fully saturated rings. The fraction of sp³-hybridized carbons (Fsp3) is 0.381. The van der Waals surface area contributed by atoms with Gasteiger partial charge >= 0.3 is 6.18 Å². The van der Waals surface area contributed by atoms with Crippen LogP contribution in [0.15, 0.2) is 47.4 Å². The molecule has 1 saturated heterocycles. The maximum absolute atomic E-state index is 13.0. The SMILES string of the molecule is O=C(c1ccc(S(=O)(=O)N2CCCC2)cc1)N1CCCc2cc(C(F)(F)F)ccc21. The van der Waals surface area contributed by atoms with E-state index < -0.39 is 21.8 Å². The van der Waals surface area contributed by atoms with Crippen molar-refractivity contribution in [1.29, 1.82) is 0 Å². The van der Waals surface area contributed by atoms with Gasteiger partial charge in [0.25, 0.3) is 5.91 Å². The van der Waals surface area contributed by atoms with Crippen molar-refractivity contribution in [3.8, 4) is 0 Å². The molecule has 0 unspecified atom stereocenters. The highest BCUT2D eigenvalue weighted by Gasteiger charge is 2.33. The van der Waals surface area contributed by atoms with Gasteiger partial charge in [0.2, 0.25) is 10.0 Å². The number of nitrogens with zero attached hydrogens (tertiary/aromatic N) is 2. The van der Waals surface area contributed by atoms with Crippen molar-refractivity contribution in [2.75, 3.05) is 24.5 Å². The van der Waals surface area contributed by atoms with E-state index in [1.807, 2.05) is 0 Å². The van der Waals surface area contributed by atoms with E-state index in [1.165, 1.54) is 39.5 Å². The molecule has 0 radical (unpaired) electrons. The molecule has 2 aromatic carbocycles. The molecule has 1 amide bonds. The molecule has 2 aromatic rings. The van der Waals surface area contributed by atoms with Gasteiger partial charge in [-0.15, -0.1) is 0 Å². The lowest BCUT2D eigenvalue weighted by Gasteiger charge is -2.30. The van der Waals surface area contributed by atoms with Crippen molar-refractivity contribution in [1.82, 2.24) is 4.31 Å². The van der Waals surface area contributed by atoms with E-state index in [2.05, 4.69) is 0 Å². The monoisotopic (exact) mass is 438 g/mol. The number of carbonyl (C=O) groups is 1. The quantitative estimate of drug-likeness (QED) is 0.726. The molecule has 160 valence electrons. The van der Waals surface area contributed by atoms with Crippen LogP contribution in [0, 0.1) is 0 Å². The van der Waals surface area contributed by atoms with Gasteiger partial charge in [0.15, 0.2) is 0 Å². The van der Waals surface area contributed by atoms with Gasteiger partial charge in [-0.05, 0) is 73.7 Å². The molecule has 9 heteroatoms. The van der Waals surface area contributed by atoms with E-state index in [-0.39, 0.29) is 10.8 Å². The molecule has 0 N–H and O–H groups in total. The highest BCUT2D eigenvalue weighted by atomic mass is 32.2. The first-order valence-corrected chi connectivity index (χ1v) is 11.2. The van der Waals surface area contributed by atoms with Crippen LogP contribution >= 0.6 is 0 Å². The summed E-state index contributed by atoms with van der Waals surface area (Å²) in [5, 5.41) is 0. The lowest BCUT2D eigenvalue weighted by molar-refractivity contribution is -0.137. The Kier molecular flexibility index (Phi) is 5.36. The standard InChI is InChI=1S/C21H21F3N2O3S/c22-21(23,24)17-7-10-19-16(14-17)4-3-13-26(19)20(27)15-5-8-18(9-6-15)30(28,29)25-11-1-2-12-25/h5-10,14H,1-4,11-13H2. The predicted octanol–water partition coefficient (Wildman–Crippen LogP) is 4.08. The van der Waals surface area contributed by atoms with Gasteiger partial charge in [0.05, 0.1) is 10.5 Å². The number of carbonyl (C=O) groups excluding carboxylic acids is 1. The number of aryl methyl sites for hydroxylation is 1. The van der Waals surface area contributed by atoms with E-state index in [0.717, 1.165) is 25.0 Å². The topological polar surface area (TPSA) is 57.7 Å². The number of benzene rings is 2. The van der Waals surface area contributed by atoms with Crippen LogP contribution in [0.3, 0.4) is 0 Å². The molecule has 2 aliphatic rings. The van der Waals surface area contributed by atoms with Gasteiger partial charge in [0, 0.05) is 30.9 Å². The van der Waals surface area contributed by atoms with E-state index in [0.29, 0.717) is 49.3 Å². The predicted molar refractivity (Wildman–Crippen MR) is 106 cm³/mol. The van der Waals surface area contributed by atoms with Gasteiger partial charge in [-0.3, -0.25) is 4.79 Å². The van der Waals surface area contributed by atoms with E-state index in [1.54, 1.807) is 0 Å². The number of rotatable bonds is 3. The number of fused-ring (bicyclic) bond motifs is 1. The summed E-state index contributed by atoms with van der Waals surface area (Å²) in [4.78, 5) is 14.6. The number of halogens is 3. The van der Waals surface area contributed by atoms with Crippen LogP contribution in [0.25, 0.3) is 0 Å². The lowest BCUT2D eigenvalue weighted by Crippen LogP contribution is -2.35. The van der Waals surface area contributed by atoms with Crippen molar-refractivity contribution < 1.29 is 26.4 Å². The van der Waals surface area contributed by atoms with Gasteiger partial charge in [0.1, 0.15) is 0 Å². The Labute approximate surface area is 173 Å². The van der Waals surface area contributed by atoms with Crippen molar-refractivity contribution in [2.45, 2.75) is 36.8 Å². The third-order valence-corrected chi connectivity index (χ3v) is 7.49. The van der Waals surface area contributed by atoms with Crippen LogP contribution in [-0.2, 0) is 22.6 Å². The molecule has 30 heavy (non-hydrogen) atoms. The molecule has 2 heterocycles.